The van der Waals surface area contributed by atoms with Crippen LogP contribution >= 0.6 is 0 Å². The number of pyridine rings is 1. The van der Waals surface area contributed by atoms with E-state index in [-0.39, 0.29) is 12.5 Å². The normalized spacial score (nSPS) is 11.8. The van der Waals surface area contributed by atoms with Gasteiger partial charge in [0, 0.05) is 18.8 Å². The van der Waals surface area contributed by atoms with Crippen LogP contribution in [0.1, 0.15) is 41.4 Å². The molecule has 1 N–H and O–H groups in total. The SMILES string of the molecule is CCOc1ccc(C(=O)N(CC)CC(O)c2ccc(C)cc2)cn1. The predicted molar refractivity (Wildman–Crippen MR) is 93.1 cm³/mol. The zero-order chi connectivity index (χ0) is 17.5. The lowest BCUT2D eigenvalue weighted by molar-refractivity contribution is 0.0634. The third-order valence-electron chi connectivity index (χ3n) is 3.80. The lowest BCUT2D eigenvalue weighted by Gasteiger charge is -2.24. The Morgan fingerprint density at radius 3 is 2.46 bits per heavy atom. The molecule has 1 heterocycles. The molecule has 1 aromatic carbocycles. The van der Waals surface area contributed by atoms with E-state index in [9.17, 15) is 9.90 Å². The van der Waals surface area contributed by atoms with Gasteiger partial charge in [-0.15, -0.1) is 0 Å². The topological polar surface area (TPSA) is 62.7 Å². The van der Waals surface area contributed by atoms with E-state index >= 15 is 0 Å². The summed E-state index contributed by atoms with van der Waals surface area (Å²) < 4.78 is 5.28. The Balaban J connectivity index is 2.06. The van der Waals surface area contributed by atoms with Crippen LogP contribution in [0.25, 0.3) is 0 Å². The van der Waals surface area contributed by atoms with Gasteiger partial charge in [0.1, 0.15) is 0 Å². The number of rotatable bonds is 7. The van der Waals surface area contributed by atoms with Crippen LogP contribution in [0, 0.1) is 6.92 Å². The van der Waals surface area contributed by atoms with E-state index in [2.05, 4.69) is 4.98 Å². The smallest absolute Gasteiger partial charge is 0.255 e. The minimum absolute atomic E-state index is 0.154. The van der Waals surface area contributed by atoms with Gasteiger partial charge in [-0.1, -0.05) is 29.8 Å². The van der Waals surface area contributed by atoms with E-state index in [1.165, 1.54) is 6.20 Å². The Morgan fingerprint density at radius 1 is 1.21 bits per heavy atom. The van der Waals surface area contributed by atoms with E-state index in [1.807, 2.05) is 45.0 Å². The number of aliphatic hydroxyl groups excluding tert-OH is 1. The fraction of sp³-hybridized carbons (Fsp3) is 0.368. The number of carbonyl (C=O) groups excluding carboxylic acids is 1. The number of aliphatic hydroxyl groups is 1. The lowest BCUT2D eigenvalue weighted by Crippen LogP contribution is -2.34. The Hall–Kier alpha value is -2.40. The molecule has 0 saturated heterocycles. The lowest BCUT2D eigenvalue weighted by atomic mass is 10.1. The van der Waals surface area contributed by atoms with Gasteiger partial charge in [-0.25, -0.2) is 4.98 Å². The van der Waals surface area contributed by atoms with Gasteiger partial charge < -0.3 is 14.7 Å². The number of aryl methyl sites for hydroxylation is 1. The van der Waals surface area contributed by atoms with Crippen molar-refractivity contribution in [3.63, 3.8) is 0 Å². The average Bonchev–Trinajstić information content (AvgIpc) is 2.60. The Bertz CT molecular complexity index is 653. The fourth-order valence-corrected chi connectivity index (χ4v) is 2.38. The van der Waals surface area contributed by atoms with Crippen molar-refractivity contribution in [2.75, 3.05) is 19.7 Å². The summed E-state index contributed by atoms with van der Waals surface area (Å²) in [5, 5.41) is 10.4. The highest BCUT2D eigenvalue weighted by molar-refractivity contribution is 5.94. The molecule has 1 unspecified atom stereocenters. The molecular weight excluding hydrogens is 304 g/mol. The molecule has 2 rings (SSSR count). The van der Waals surface area contributed by atoms with E-state index in [4.69, 9.17) is 4.74 Å². The van der Waals surface area contributed by atoms with Gasteiger partial charge >= 0.3 is 0 Å². The summed E-state index contributed by atoms with van der Waals surface area (Å²) in [6.07, 6.45) is 0.791. The molecule has 0 spiro atoms. The second kappa shape index (κ2) is 8.45. The number of hydrogen-bond acceptors (Lipinski definition) is 4. The van der Waals surface area contributed by atoms with Crippen molar-refractivity contribution in [3.05, 3.63) is 59.3 Å². The molecule has 0 aliphatic carbocycles. The molecule has 0 aliphatic heterocycles. The predicted octanol–water partition coefficient (Wildman–Crippen LogP) is 2.98. The largest absolute Gasteiger partial charge is 0.478 e. The van der Waals surface area contributed by atoms with Crippen LogP contribution < -0.4 is 4.74 Å². The summed E-state index contributed by atoms with van der Waals surface area (Å²) in [4.78, 5) is 18.3. The van der Waals surface area contributed by atoms with Crippen LogP contribution in [0.5, 0.6) is 5.88 Å². The van der Waals surface area contributed by atoms with Crippen LogP contribution in [0.15, 0.2) is 42.6 Å². The van der Waals surface area contributed by atoms with Gasteiger partial charge in [-0.05, 0) is 32.4 Å². The summed E-state index contributed by atoms with van der Waals surface area (Å²) in [6.45, 7) is 7.05. The summed E-state index contributed by atoms with van der Waals surface area (Å²) >= 11 is 0. The number of ether oxygens (including phenoxy) is 1. The highest BCUT2D eigenvalue weighted by Crippen LogP contribution is 2.17. The molecule has 2 aromatic rings. The summed E-state index contributed by atoms with van der Waals surface area (Å²) in [7, 11) is 0. The van der Waals surface area contributed by atoms with E-state index in [0.717, 1.165) is 11.1 Å². The quantitative estimate of drug-likeness (QED) is 0.849. The van der Waals surface area contributed by atoms with E-state index < -0.39 is 6.10 Å². The molecule has 0 radical (unpaired) electrons. The van der Waals surface area contributed by atoms with Crippen LogP contribution in [-0.2, 0) is 0 Å². The first-order chi connectivity index (χ1) is 11.5. The van der Waals surface area contributed by atoms with Gasteiger partial charge in [-0.3, -0.25) is 4.79 Å². The Morgan fingerprint density at radius 2 is 1.92 bits per heavy atom. The third kappa shape index (κ3) is 4.55. The molecule has 5 nitrogen and oxygen atoms in total. The minimum Gasteiger partial charge on any atom is -0.478 e. The van der Waals surface area contributed by atoms with Gasteiger partial charge in [-0.2, -0.15) is 0 Å². The van der Waals surface area contributed by atoms with Crippen molar-refractivity contribution in [2.45, 2.75) is 26.9 Å². The molecule has 1 atom stereocenters. The van der Waals surface area contributed by atoms with Crippen molar-refractivity contribution < 1.29 is 14.6 Å². The fourth-order valence-electron chi connectivity index (χ4n) is 2.38. The second-order valence-electron chi connectivity index (χ2n) is 5.59. The first-order valence-corrected chi connectivity index (χ1v) is 8.17. The number of carbonyl (C=O) groups is 1. The molecule has 5 heteroatoms. The summed E-state index contributed by atoms with van der Waals surface area (Å²) in [5.74, 6) is 0.344. The summed E-state index contributed by atoms with van der Waals surface area (Å²) in [5.41, 5.74) is 2.42. The highest BCUT2D eigenvalue weighted by atomic mass is 16.5. The van der Waals surface area contributed by atoms with Gasteiger partial charge in [0.05, 0.1) is 24.8 Å². The minimum atomic E-state index is -0.717. The maximum atomic E-state index is 12.6. The highest BCUT2D eigenvalue weighted by Gasteiger charge is 2.19. The van der Waals surface area contributed by atoms with Crippen molar-refractivity contribution in [2.24, 2.45) is 0 Å². The Labute approximate surface area is 142 Å². The third-order valence-corrected chi connectivity index (χ3v) is 3.80. The number of nitrogens with zero attached hydrogens (tertiary/aromatic N) is 2. The maximum Gasteiger partial charge on any atom is 0.255 e. The number of benzene rings is 1. The zero-order valence-electron chi connectivity index (χ0n) is 14.4. The van der Waals surface area contributed by atoms with Crippen LogP contribution in [0.4, 0.5) is 0 Å². The van der Waals surface area contributed by atoms with Gasteiger partial charge in [0.15, 0.2) is 0 Å². The number of hydrogen-bond donors (Lipinski definition) is 1. The van der Waals surface area contributed by atoms with E-state index in [1.54, 1.807) is 17.0 Å². The number of aromatic nitrogens is 1. The zero-order valence-corrected chi connectivity index (χ0v) is 14.4. The van der Waals surface area contributed by atoms with Crippen molar-refractivity contribution in [3.8, 4) is 5.88 Å². The van der Waals surface area contributed by atoms with E-state index in [0.29, 0.717) is 24.6 Å². The van der Waals surface area contributed by atoms with Gasteiger partial charge in [0.25, 0.3) is 5.91 Å². The van der Waals surface area contributed by atoms with Crippen LogP contribution in [0.2, 0.25) is 0 Å². The maximum absolute atomic E-state index is 12.6. The van der Waals surface area contributed by atoms with Crippen molar-refractivity contribution in [1.82, 2.24) is 9.88 Å². The molecule has 128 valence electrons. The number of likely N-dealkylation sites (N-methyl/N-ethyl adjacent to an activating group) is 1. The Kier molecular flexibility index (Phi) is 6.32. The summed E-state index contributed by atoms with van der Waals surface area (Å²) in [6, 6.07) is 11.1. The molecule has 1 amide bonds. The van der Waals surface area contributed by atoms with Crippen molar-refractivity contribution >= 4 is 5.91 Å². The molecular formula is C19H24N2O3. The van der Waals surface area contributed by atoms with Gasteiger partial charge in [0.2, 0.25) is 5.88 Å². The number of amides is 1. The second-order valence-corrected chi connectivity index (χ2v) is 5.59. The molecule has 0 bridgehead atoms. The van der Waals surface area contributed by atoms with Crippen LogP contribution in [-0.4, -0.2) is 40.6 Å². The van der Waals surface area contributed by atoms with Crippen molar-refractivity contribution in [1.29, 1.82) is 0 Å². The molecule has 0 aliphatic rings. The molecule has 0 fully saturated rings. The average molecular weight is 328 g/mol. The first kappa shape index (κ1) is 17.9. The monoisotopic (exact) mass is 328 g/mol. The first-order valence-electron chi connectivity index (χ1n) is 8.17. The molecule has 1 aromatic heterocycles. The van der Waals surface area contributed by atoms with Crippen LogP contribution in [0.3, 0.4) is 0 Å². The molecule has 24 heavy (non-hydrogen) atoms. The molecule has 0 saturated carbocycles. The standard InChI is InChI=1S/C19H24N2O3/c1-4-21(13-17(22)15-8-6-14(3)7-9-15)19(23)16-10-11-18(20-12-16)24-5-2/h6-12,17,22H,4-5,13H2,1-3H3.